The van der Waals surface area contributed by atoms with Gasteiger partial charge in [0.05, 0.1) is 18.5 Å². The lowest BCUT2D eigenvalue weighted by molar-refractivity contribution is -0.133. The molecule has 1 aromatic heterocycles. The number of likely N-dealkylation sites (N-methyl/N-ethyl adjacent to an activating group) is 1. The molecule has 1 amide bonds. The van der Waals surface area contributed by atoms with Crippen LogP contribution in [0, 0.1) is 12.7 Å². The highest BCUT2D eigenvalue weighted by atomic mass is 35.5. The van der Waals surface area contributed by atoms with E-state index in [9.17, 15) is 14.0 Å². The Labute approximate surface area is 183 Å². The number of carbonyl (C=O) groups excluding carboxylic acids is 2. The van der Waals surface area contributed by atoms with Crippen LogP contribution in [-0.4, -0.2) is 47.3 Å². The predicted octanol–water partition coefficient (Wildman–Crippen LogP) is 3.80. The summed E-state index contributed by atoms with van der Waals surface area (Å²) < 4.78 is 24.8. The molecule has 3 rings (SSSR count). The second-order valence-electron chi connectivity index (χ2n) is 6.82. The summed E-state index contributed by atoms with van der Waals surface area (Å²) in [5.41, 5.74) is 1.74. The molecule has 0 fully saturated rings. The maximum Gasteiger partial charge on any atom is 0.343 e. The molecule has 0 saturated heterocycles. The number of aromatic nitrogens is 2. The van der Waals surface area contributed by atoms with Crippen molar-refractivity contribution in [1.29, 1.82) is 0 Å². The molecule has 0 aliphatic carbocycles. The van der Waals surface area contributed by atoms with Gasteiger partial charge in [0.1, 0.15) is 22.3 Å². The number of benzene rings is 2. The van der Waals surface area contributed by atoms with E-state index in [1.165, 1.54) is 33.8 Å². The average Bonchev–Trinajstić information content (AvgIpc) is 3.06. The number of rotatable bonds is 7. The van der Waals surface area contributed by atoms with Crippen LogP contribution >= 0.6 is 11.6 Å². The van der Waals surface area contributed by atoms with E-state index in [0.717, 1.165) is 5.56 Å². The van der Waals surface area contributed by atoms with E-state index in [1.54, 1.807) is 21.1 Å². The highest BCUT2D eigenvalue weighted by Crippen LogP contribution is 2.24. The Bertz CT molecular complexity index is 1100. The molecular formula is C22H21ClFN3O4. The maximum absolute atomic E-state index is 13.2. The maximum atomic E-state index is 13.2. The predicted molar refractivity (Wildman–Crippen MR) is 113 cm³/mol. The van der Waals surface area contributed by atoms with Gasteiger partial charge in [0.15, 0.2) is 6.61 Å². The van der Waals surface area contributed by atoms with Crippen LogP contribution in [0.15, 0.2) is 48.5 Å². The van der Waals surface area contributed by atoms with Gasteiger partial charge >= 0.3 is 5.97 Å². The SMILES string of the molecule is COc1cccc(CN(C)C(=O)COC(=O)c2c(C)nn(-c3ccc(F)cc3)c2Cl)c1. The second kappa shape index (κ2) is 9.61. The first kappa shape index (κ1) is 22.3. The molecule has 162 valence electrons. The molecule has 31 heavy (non-hydrogen) atoms. The highest BCUT2D eigenvalue weighted by Gasteiger charge is 2.24. The minimum atomic E-state index is -0.765. The van der Waals surface area contributed by atoms with Crippen molar-refractivity contribution < 1.29 is 23.5 Å². The van der Waals surface area contributed by atoms with E-state index in [2.05, 4.69) is 5.10 Å². The number of nitrogens with zero attached hydrogens (tertiary/aromatic N) is 3. The second-order valence-corrected chi connectivity index (χ2v) is 7.17. The number of carbonyl (C=O) groups is 2. The molecule has 0 aliphatic rings. The summed E-state index contributed by atoms with van der Waals surface area (Å²) in [5.74, 6) is -0.858. The first-order valence-corrected chi connectivity index (χ1v) is 9.73. The zero-order chi connectivity index (χ0) is 22.5. The summed E-state index contributed by atoms with van der Waals surface area (Å²) in [7, 11) is 3.18. The van der Waals surface area contributed by atoms with Crippen LogP contribution < -0.4 is 4.74 Å². The first-order valence-electron chi connectivity index (χ1n) is 9.35. The Morgan fingerprint density at radius 2 is 1.90 bits per heavy atom. The van der Waals surface area contributed by atoms with Crippen LogP contribution in [-0.2, 0) is 16.1 Å². The van der Waals surface area contributed by atoms with Gasteiger partial charge in [-0.15, -0.1) is 0 Å². The van der Waals surface area contributed by atoms with Gasteiger partial charge in [-0.05, 0) is 48.9 Å². The molecule has 0 spiro atoms. The third-order valence-corrected chi connectivity index (χ3v) is 4.93. The normalized spacial score (nSPS) is 10.6. The molecule has 0 unspecified atom stereocenters. The number of hydrogen-bond acceptors (Lipinski definition) is 5. The van der Waals surface area contributed by atoms with Crippen LogP contribution in [0.2, 0.25) is 5.15 Å². The number of halogens is 2. The molecule has 0 N–H and O–H groups in total. The molecule has 9 heteroatoms. The van der Waals surface area contributed by atoms with Crippen LogP contribution in [0.3, 0.4) is 0 Å². The Morgan fingerprint density at radius 1 is 1.19 bits per heavy atom. The largest absolute Gasteiger partial charge is 0.497 e. The molecule has 3 aromatic rings. The van der Waals surface area contributed by atoms with E-state index in [-0.39, 0.29) is 16.6 Å². The van der Waals surface area contributed by atoms with Gasteiger partial charge in [-0.3, -0.25) is 4.79 Å². The zero-order valence-corrected chi connectivity index (χ0v) is 18.0. The first-order chi connectivity index (χ1) is 14.8. The van der Waals surface area contributed by atoms with Gasteiger partial charge in [-0.25, -0.2) is 13.9 Å². The third-order valence-electron chi connectivity index (χ3n) is 4.59. The van der Waals surface area contributed by atoms with Crippen LogP contribution in [0.5, 0.6) is 5.75 Å². The Balaban J connectivity index is 1.65. The minimum Gasteiger partial charge on any atom is -0.497 e. The fraction of sp³-hybridized carbons (Fsp3) is 0.227. The number of hydrogen-bond donors (Lipinski definition) is 0. The van der Waals surface area contributed by atoms with Gasteiger partial charge in [0, 0.05) is 13.6 Å². The molecule has 1 heterocycles. The highest BCUT2D eigenvalue weighted by molar-refractivity contribution is 6.33. The molecule has 0 saturated carbocycles. The topological polar surface area (TPSA) is 73.7 Å². The summed E-state index contributed by atoms with van der Waals surface area (Å²) in [6, 6.07) is 12.8. The summed E-state index contributed by atoms with van der Waals surface area (Å²) in [6.45, 7) is 1.48. The lowest BCUT2D eigenvalue weighted by Gasteiger charge is -2.17. The summed E-state index contributed by atoms with van der Waals surface area (Å²) in [6.07, 6.45) is 0. The standard InChI is InChI=1S/C22H21ClFN3O4/c1-14-20(21(23)27(25-14)17-9-7-16(24)8-10-17)22(29)31-13-19(28)26(2)12-15-5-4-6-18(11-15)30-3/h4-11H,12-13H2,1-3H3. The zero-order valence-electron chi connectivity index (χ0n) is 17.3. The van der Waals surface area contributed by atoms with E-state index < -0.39 is 18.4 Å². The summed E-state index contributed by atoms with van der Waals surface area (Å²) in [4.78, 5) is 26.4. The summed E-state index contributed by atoms with van der Waals surface area (Å²) in [5, 5.41) is 4.24. The fourth-order valence-corrected chi connectivity index (χ4v) is 3.28. The molecule has 7 nitrogen and oxygen atoms in total. The number of esters is 1. The number of aryl methyl sites for hydroxylation is 1. The van der Waals surface area contributed by atoms with E-state index in [0.29, 0.717) is 23.7 Å². The lowest BCUT2D eigenvalue weighted by atomic mass is 10.2. The van der Waals surface area contributed by atoms with Gasteiger partial charge in [-0.1, -0.05) is 23.7 Å². The molecule has 0 atom stereocenters. The third kappa shape index (κ3) is 5.21. The Morgan fingerprint density at radius 3 is 2.58 bits per heavy atom. The number of amides is 1. The van der Waals surface area contributed by atoms with Crippen LogP contribution in [0.25, 0.3) is 5.69 Å². The monoisotopic (exact) mass is 445 g/mol. The Hall–Kier alpha value is -3.39. The molecule has 2 aromatic carbocycles. The quantitative estimate of drug-likeness (QED) is 0.517. The van der Waals surface area contributed by atoms with Gasteiger partial charge < -0.3 is 14.4 Å². The van der Waals surface area contributed by atoms with E-state index in [1.807, 2.05) is 24.3 Å². The summed E-state index contributed by atoms with van der Waals surface area (Å²) >= 11 is 6.31. The van der Waals surface area contributed by atoms with Gasteiger partial charge in [0.25, 0.3) is 5.91 Å². The minimum absolute atomic E-state index is 0.0197. The van der Waals surface area contributed by atoms with Crippen molar-refractivity contribution in [3.8, 4) is 11.4 Å². The van der Waals surface area contributed by atoms with Crippen molar-refractivity contribution in [1.82, 2.24) is 14.7 Å². The van der Waals surface area contributed by atoms with Crippen LogP contribution in [0.1, 0.15) is 21.6 Å². The van der Waals surface area contributed by atoms with Crippen molar-refractivity contribution in [3.05, 3.63) is 76.3 Å². The van der Waals surface area contributed by atoms with Crippen molar-refractivity contribution in [2.24, 2.45) is 0 Å². The van der Waals surface area contributed by atoms with E-state index in [4.69, 9.17) is 21.1 Å². The lowest BCUT2D eigenvalue weighted by Crippen LogP contribution is -2.30. The number of methoxy groups -OCH3 is 1. The molecule has 0 radical (unpaired) electrons. The molecular weight excluding hydrogens is 425 g/mol. The average molecular weight is 446 g/mol. The van der Waals surface area contributed by atoms with Gasteiger partial charge in [0.2, 0.25) is 0 Å². The molecule has 0 bridgehead atoms. The van der Waals surface area contributed by atoms with Gasteiger partial charge in [-0.2, -0.15) is 5.10 Å². The molecule has 0 aliphatic heterocycles. The van der Waals surface area contributed by atoms with E-state index >= 15 is 0 Å². The van der Waals surface area contributed by atoms with Crippen molar-refractivity contribution in [2.45, 2.75) is 13.5 Å². The fourth-order valence-electron chi connectivity index (χ4n) is 2.93. The smallest absolute Gasteiger partial charge is 0.343 e. The Kier molecular flexibility index (Phi) is 6.91. The van der Waals surface area contributed by atoms with Crippen molar-refractivity contribution in [3.63, 3.8) is 0 Å². The van der Waals surface area contributed by atoms with Crippen molar-refractivity contribution >= 4 is 23.5 Å². The van der Waals surface area contributed by atoms with Crippen LogP contribution in [0.4, 0.5) is 4.39 Å². The van der Waals surface area contributed by atoms with Crippen molar-refractivity contribution in [2.75, 3.05) is 20.8 Å². The number of ether oxygens (including phenoxy) is 2.